The summed E-state index contributed by atoms with van der Waals surface area (Å²) >= 11 is 0. The number of carbonyl (C=O) groups is 3. The van der Waals surface area contributed by atoms with E-state index in [4.69, 9.17) is 0 Å². The van der Waals surface area contributed by atoms with Gasteiger partial charge in [0.15, 0.2) is 0 Å². The molecule has 3 rings (SSSR count). The molecule has 0 aliphatic carbocycles. The minimum atomic E-state index is -0.716. The third kappa shape index (κ3) is 3.17. The molecular weight excluding hydrogens is 306 g/mol. The van der Waals surface area contributed by atoms with Crippen LogP contribution < -0.4 is 10.6 Å². The van der Waals surface area contributed by atoms with E-state index in [0.717, 1.165) is 5.52 Å². The van der Waals surface area contributed by atoms with Gasteiger partial charge in [0, 0.05) is 35.4 Å². The fourth-order valence-corrected chi connectivity index (χ4v) is 2.41. The smallest absolute Gasteiger partial charge is 0.296 e. The van der Waals surface area contributed by atoms with Crippen molar-refractivity contribution < 1.29 is 14.4 Å². The summed E-state index contributed by atoms with van der Waals surface area (Å²) in [4.78, 5) is 38.5. The molecule has 0 aliphatic heterocycles. The minimum Gasteiger partial charge on any atom is -0.360 e. The molecule has 2 aromatic carbocycles. The predicted octanol–water partition coefficient (Wildman–Crippen LogP) is 2.95. The van der Waals surface area contributed by atoms with E-state index in [1.165, 1.54) is 13.1 Å². The van der Waals surface area contributed by atoms with Gasteiger partial charge < -0.3 is 15.6 Å². The highest BCUT2D eigenvalue weighted by atomic mass is 16.2. The number of amides is 2. The van der Waals surface area contributed by atoms with Gasteiger partial charge in [-0.25, -0.2) is 0 Å². The molecule has 1 aromatic heterocycles. The lowest BCUT2D eigenvalue weighted by Gasteiger charge is -2.06. The van der Waals surface area contributed by atoms with Gasteiger partial charge >= 0.3 is 0 Å². The highest BCUT2D eigenvalue weighted by Gasteiger charge is 2.19. The molecule has 0 saturated heterocycles. The SMILES string of the molecule is CC(=O)Nc1ccc(NC(=O)C(=O)c2c[nH]c3ccccc23)cc1. The number of benzene rings is 2. The number of nitrogens with one attached hydrogen (secondary N) is 3. The van der Waals surface area contributed by atoms with Crippen molar-refractivity contribution in [1.29, 1.82) is 0 Å². The topological polar surface area (TPSA) is 91.1 Å². The quantitative estimate of drug-likeness (QED) is 0.509. The van der Waals surface area contributed by atoms with Crippen LogP contribution in [0.2, 0.25) is 0 Å². The summed E-state index contributed by atoms with van der Waals surface area (Å²) in [5.74, 6) is -1.51. The van der Waals surface area contributed by atoms with E-state index < -0.39 is 11.7 Å². The Morgan fingerprint density at radius 3 is 2.17 bits per heavy atom. The zero-order valence-electron chi connectivity index (χ0n) is 12.9. The lowest BCUT2D eigenvalue weighted by molar-refractivity contribution is -0.114. The number of aromatic amines is 1. The summed E-state index contributed by atoms with van der Waals surface area (Å²) < 4.78 is 0. The van der Waals surface area contributed by atoms with Crippen LogP contribution in [0.25, 0.3) is 10.9 Å². The number of rotatable bonds is 4. The molecule has 6 heteroatoms. The first kappa shape index (κ1) is 15.5. The summed E-state index contributed by atoms with van der Waals surface area (Å²) in [5.41, 5.74) is 2.22. The van der Waals surface area contributed by atoms with Crippen LogP contribution in [0, 0.1) is 0 Å². The van der Waals surface area contributed by atoms with Crippen molar-refractivity contribution in [2.24, 2.45) is 0 Å². The van der Waals surface area contributed by atoms with Crippen LogP contribution in [0.4, 0.5) is 11.4 Å². The number of anilines is 2. The van der Waals surface area contributed by atoms with Gasteiger partial charge in [0.2, 0.25) is 5.91 Å². The van der Waals surface area contributed by atoms with Gasteiger partial charge in [-0.1, -0.05) is 18.2 Å². The molecule has 0 aliphatic rings. The molecule has 1 heterocycles. The monoisotopic (exact) mass is 321 g/mol. The Bertz CT molecular complexity index is 926. The summed E-state index contributed by atoms with van der Waals surface area (Å²) in [5, 5.41) is 5.90. The number of aromatic nitrogens is 1. The number of hydrogen-bond donors (Lipinski definition) is 3. The molecular formula is C18H15N3O3. The largest absolute Gasteiger partial charge is 0.360 e. The fraction of sp³-hybridized carbons (Fsp3) is 0.0556. The standard InChI is InChI=1S/C18H15N3O3/c1-11(22)20-12-6-8-13(9-7-12)21-18(24)17(23)15-10-19-16-5-3-2-4-14(15)16/h2-10,19H,1H3,(H,20,22)(H,21,24). The lowest BCUT2D eigenvalue weighted by atomic mass is 10.1. The summed E-state index contributed by atoms with van der Waals surface area (Å²) in [6, 6.07) is 13.8. The number of Topliss-reactive ketones (excluding diaryl/α,β-unsaturated/α-hetero) is 1. The van der Waals surface area contributed by atoms with Crippen molar-refractivity contribution in [2.45, 2.75) is 6.92 Å². The zero-order chi connectivity index (χ0) is 17.1. The number of H-pyrrole nitrogens is 1. The van der Waals surface area contributed by atoms with Crippen LogP contribution in [-0.4, -0.2) is 22.6 Å². The van der Waals surface area contributed by atoms with Gasteiger partial charge in [0.25, 0.3) is 11.7 Å². The van der Waals surface area contributed by atoms with Crippen molar-refractivity contribution in [3.63, 3.8) is 0 Å². The Hall–Kier alpha value is -3.41. The molecule has 3 N–H and O–H groups in total. The second-order valence-electron chi connectivity index (χ2n) is 5.29. The molecule has 2 amide bonds. The molecule has 3 aromatic rings. The summed E-state index contributed by atoms with van der Waals surface area (Å²) in [6.45, 7) is 1.41. The highest BCUT2D eigenvalue weighted by Crippen LogP contribution is 2.19. The Balaban J connectivity index is 1.74. The third-order valence-corrected chi connectivity index (χ3v) is 3.50. The predicted molar refractivity (Wildman–Crippen MR) is 92.0 cm³/mol. The van der Waals surface area contributed by atoms with E-state index >= 15 is 0 Å². The maximum atomic E-state index is 12.3. The number of ketones is 1. The van der Waals surface area contributed by atoms with Crippen molar-refractivity contribution in [1.82, 2.24) is 4.98 Å². The molecule has 0 saturated carbocycles. The van der Waals surface area contributed by atoms with Crippen LogP contribution >= 0.6 is 0 Å². The molecule has 0 radical (unpaired) electrons. The average molecular weight is 321 g/mol. The van der Waals surface area contributed by atoms with Crippen LogP contribution in [0.15, 0.2) is 54.7 Å². The number of fused-ring (bicyclic) bond motifs is 1. The molecule has 24 heavy (non-hydrogen) atoms. The fourth-order valence-electron chi connectivity index (χ4n) is 2.41. The van der Waals surface area contributed by atoms with Crippen molar-refractivity contribution >= 4 is 39.9 Å². The van der Waals surface area contributed by atoms with Crippen molar-refractivity contribution in [3.8, 4) is 0 Å². The zero-order valence-corrected chi connectivity index (χ0v) is 12.9. The van der Waals surface area contributed by atoms with Crippen LogP contribution in [0.1, 0.15) is 17.3 Å². The number of carbonyl (C=O) groups excluding carboxylic acids is 3. The Labute approximate surface area is 137 Å². The summed E-state index contributed by atoms with van der Waals surface area (Å²) in [7, 11) is 0. The first-order valence-electron chi connectivity index (χ1n) is 7.34. The first-order chi connectivity index (χ1) is 11.5. The average Bonchev–Trinajstić information content (AvgIpc) is 2.99. The molecule has 0 atom stereocenters. The van der Waals surface area contributed by atoms with Gasteiger partial charge in [-0.3, -0.25) is 14.4 Å². The summed E-state index contributed by atoms with van der Waals surface area (Å²) in [6.07, 6.45) is 1.53. The minimum absolute atomic E-state index is 0.179. The molecule has 0 bridgehead atoms. The maximum Gasteiger partial charge on any atom is 0.296 e. The second kappa shape index (κ2) is 6.37. The van der Waals surface area contributed by atoms with Gasteiger partial charge in [0.1, 0.15) is 0 Å². The van der Waals surface area contributed by atoms with Gasteiger partial charge in [0.05, 0.1) is 5.56 Å². The number of para-hydroxylation sites is 1. The van der Waals surface area contributed by atoms with E-state index in [1.807, 2.05) is 18.2 Å². The lowest BCUT2D eigenvalue weighted by Crippen LogP contribution is -2.22. The van der Waals surface area contributed by atoms with E-state index in [1.54, 1.807) is 30.3 Å². The second-order valence-corrected chi connectivity index (χ2v) is 5.29. The maximum absolute atomic E-state index is 12.3. The van der Waals surface area contributed by atoms with E-state index in [-0.39, 0.29) is 5.91 Å². The Morgan fingerprint density at radius 2 is 1.50 bits per heavy atom. The first-order valence-corrected chi connectivity index (χ1v) is 7.34. The normalized spacial score (nSPS) is 10.4. The van der Waals surface area contributed by atoms with Crippen LogP contribution in [0.3, 0.4) is 0 Å². The Kier molecular flexibility index (Phi) is 4.11. The van der Waals surface area contributed by atoms with Crippen molar-refractivity contribution in [2.75, 3.05) is 10.6 Å². The van der Waals surface area contributed by atoms with Gasteiger partial charge in [-0.2, -0.15) is 0 Å². The van der Waals surface area contributed by atoms with E-state index in [0.29, 0.717) is 22.3 Å². The number of hydrogen-bond acceptors (Lipinski definition) is 3. The third-order valence-electron chi connectivity index (χ3n) is 3.50. The molecule has 120 valence electrons. The van der Waals surface area contributed by atoms with Gasteiger partial charge in [-0.05, 0) is 30.3 Å². The molecule has 0 spiro atoms. The molecule has 0 fully saturated rings. The van der Waals surface area contributed by atoms with Crippen LogP contribution in [0.5, 0.6) is 0 Å². The van der Waals surface area contributed by atoms with E-state index in [9.17, 15) is 14.4 Å². The molecule has 6 nitrogen and oxygen atoms in total. The Morgan fingerprint density at radius 1 is 0.875 bits per heavy atom. The van der Waals surface area contributed by atoms with Crippen molar-refractivity contribution in [3.05, 3.63) is 60.3 Å². The van der Waals surface area contributed by atoms with E-state index in [2.05, 4.69) is 15.6 Å². The highest BCUT2D eigenvalue weighted by molar-refractivity contribution is 6.48. The van der Waals surface area contributed by atoms with Gasteiger partial charge in [-0.15, -0.1) is 0 Å². The molecule has 0 unspecified atom stereocenters. The van der Waals surface area contributed by atoms with Crippen LogP contribution in [-0.2, 0) is 9.59 Å².